The Labute approximate surface area is 110 Å². The average molecular weight is 261 g/mol. The Morgan fingerprint density at radius 1 is 1.28 bits per heavy atom. The molecule has 2 aromatic rings. The fourth-order valence-electron chi connectivity index (χ4n) is 1.70. The van der Waals surface area contributed by atoms with Gasteiger partial charge in [-0.3, -0.25) is 0 Å². The number of thiazole rings is 1. The van der Waals surface area contributed by atoms with Crippen LogP contribution in [0.1, 0.15) is 40.8 Å². The van der Waals surface area contributed by atoms with Crippen molar-refractivity contribution in [2.24, 2.45) is 0 Å². The van der Waals surface area contributed by atoms with Gasteiger partial charge in [-0.25, -0.2) is 9.78 Å². The third-order valence-electron chi connectivity index (χ3n) is 2.70. The van der Waals surface area contributed by atoms with Crippen LogP contribution >= 0.6 is 11.3 Å². The summed E-state index contributed by atoms with van der Waals surface area (Å²) < 4.78 is 0. The maximum atomic E-state index is 10.8. The van der Waals surface area contributed by atoms with Crippen LogP contribution in [0.5, 0.6) is 0 Å². The lowest BCUT2D eigenvalue weighted by molar-refractivity contribution is 0.0697. The lowest BCUT2D eigenvalue weighted by atomic mass is 10.1. The number of benzene rings is 1. The number of aromatic nitrogens is 1. The van der Waals surface area contributed by atoms with Gasteiger partial charge in [0.15, 0.2) is 0 Å². The Hall–Kier alpha value is -1.68. The molecule has 2 rings (SSSR count). The van der Waals surface area contributed by atoms with Crippen molar-refractivity contribution >= 4 is 17.3 Å². The number of carboxylic acids is 1. The quantitative estimate of drug-likeness (QED) is 0.910. The molecule has 18 heavy (non-hydrogen) atoms. The Kier molecular flexibility index (Phi) is 3.48. The zero-order valence-electron chi connectivity index (χ0n) is 10.6. The number of nitrogens with zero attached hydrogens (tertiary/aromatic N) is 1. The van der Waals surface area contributed by atoms with Crippen LogP contribution in [0, 0.1) is 6.92 Å². The van der Waals surface area contributed by atoms with E-state index in [9.17, 15) is 4.79 Å². The first-order valence-corrected chi connectivity index (χ1v) is 6.61. The second kappa shape index (κ2) is 4.90. The topological polar surface area (TPSA) is 50.2 Å². The van der Waals surface area contributed by atoms with Gasteiger partial charge in [0.2, 0.25) is 0 Å². The molecule has 1 heterocycles. The third-order valence-corrected chi connectivity index (χ3v) is 4.21. The van der Waals surface area contributed by atoms with E-state index < -0.39 is 5.97 Å². The lowest BCUT2D eigenvalue weighted by Gasteiger charge is -2.00. The average Bonchev–Trinajstić information content (AvgIpc) is 2.71. The van der Waals surface area contributed by atoms with Gasteiger partial charge in [0.05, 0.1) is 21.1 Å². The summed E-state index contributed by atoms with van der Waals surface area (Å²) in [4.78, 5) is 16.5. The van der Waals surface area contributed by atoms with E-state index in [1.54, 1.807) is 23.5 Å². The molecule has 1 aromatic carbocycles. The first kappa shape index (κ1) is 12.8. The summed E-state index contributed by atoms with van der Waals surface area (Å²) in [5.74, 6) is -0.480. The summed E-state index contributed by atoms with van der Waals surface area (Å²) in [7, 11) is 0. The third kappa shape index (κ3) is 2.43. The highest BCUT2D eigenvalue weighted by Crippen LogP contribution is 2.33. The molecule has 0 spiro atoms. The van der Waals surface area contributed by atoms with Crippen LogP contribution in [0.25, 0.3) is 10.4 Å². The molecule has 1 aromatic heterocycles. The maximum Gasteiger partial charge on any atom is 0.335 e. The number of aromatic carboxylic acids is 1. The van der Waals surface area contributed by atoms with E-state index in [-0.39, 0.29) is 0 Å². The van der Waals surface area contributed by atoms with Crippen LogP contribution in [-0.2, 0) is 0 Å². The number of rotatable bonds is 3. The summed E-state index contributed by atoms with van der Waals surface area (Å²) in [6, 6.07) is 6.94. The molecule has 4 heteroatoms. The summed E-state index contributed by atoms with van der Waals surface area (Å²) in [5, 5.41) is 9.98. The predicted octanol–water partition coefficient (Wildman–Crippen LogP) is 3.94. The number of carboxylic acid groups (broad SMARTS) is 1. The van der Waals surface area contributed by atoms with Crippen LogP contribution < -0.4 is 0 Å². The minimum Gasteiger partial charge on any atom is -0.478 e. The van der Waals surface area contributed by atoms with Crippen LogP contribution in [0.2, 0.25) is 0 Å². The maximum absolute atomic E-state index is 10.8. The normalized spacial score (nSPS) is 10.9. The second-order valence-corrected chi connectivity index (χ2v) is 5.53. The van der Waals surface area contributed by atoms with Crippen molar-refractivity contribution in [1.29, 1.82) is 0 Å². The summed E-state index contributed by atoms with van der Waals surface area (Å²) in [6.45, 7) is 6.23. The van der Waals surface area contributed by atoms with Crippen molar-refractivity contribution in [1.82, 2.24) is 4.98 Å². The highest BCUT2D eigenvalue weighted by atomic mass is 32.1. The van der Waals surface area contributed by atoms with Gasteiger partial charge in [-0.2, -0.15) is 0 Å². The van der Waals surface area contributed by atoms with Gasteiger partial charge in [0, 0.05) is 5.92 Å². The van der Waals surface area contributed by atoms with Gasteiger partial charge in [-0.15, -0.1) is 11.3 Å². The molecule has 0 aliphatic carbocycles. The highest BCUT2D eigenvalue weighted by Gasteiger charge is 2.12. The largest absolute Gasteiger partial charge is 0.478 e. The van der Waals surface area contributed by atoms with Crippen molar-refractivity contribution in [3.63, 3.8) is 0 Å². The lowest BCUT2D eigenvalue weighted by Crippen LogP contribution is -1.94. The fraction of sp³-hybridized carbons (Fsp3) is 0.286. The molecule has 0 fully saturated rings. The minimum atomic E-state index is -0.898. The molecule has 0 amide bonds. The van der Waals surface area contributed by atoms with Gasteiger partial charge >= 0.3 is 5.97 Å². The molecule has 0 aliphatic heterocycles. The smallest absolute Gasteiger partial charge is 0.335 e. The Morgan fingerprint density at radius 3 is 2.33 bits per heavy atom. The van der Waals surface area contributed by atoms with Gasteiger partial charge < -0.3 is 5.11 Å². The van der Waals surface area contributed by atoms with Crippen molar-refractivity contribution in [2.45, 2.75) is 26.7 Å². The van der Waals surface area contributed by atoms with Gasteiger partial charge in [-0.1, -0.05) is 26.0 Å². The number of aryl methyl sites for hydroxylation is 1. The first-order chi connectivity index (χ1) is 8.49. The van der Waals surface area contributed by atoms with E-state index in [2.05, 4.69) is 18.8 Å². The van der Waals surface area contributed by atoms with Gasteiger partial charge in [0.25, 0.3) is 0 Å². The first-order valence-electron chi connectivity index (χ1n) is 5.80. The number of carbonyl (C=O) groups is 1. The standard InChI is InChI=1S/C14H15NO2S/c1-8(2)13-15-9(3)12(18-13)10-4-6-11(7-5-10)14(16)17/h4-8H,1-3H3,(H,16,17). The molecule has 0 atom stereocenters. The molecule has 0 radical (unpaired) electrons. The van der Waals surface area contributed by atoms with Crippen LogP contribution in [0.3, 0.4) is 0 Å². The van der Waals surface area contributed by atoms with E-state index in [1.165, 1.54) is 0 Å². The molecule has 0 aliphatic rings. The second-order valence-electron chi connectivity index (χ2n) is 4.50. The molecule has 3 nitrogen and oxygen atoms in total. The zero-order chi connectivity index (χ0) is 13.3. The zero-order valence-corrected chi connectivity index (χ0v) is 11.4. The van der Waals surface area contributed by atoms with Crippen molar-refractivity contribution < 1.29 is 9.90 Å². The van der Waals surface area contributed by atoms with Crippen molar-refractivity contribution in [3.8, 4) is 10.4 Å². The van der Waals surface area contributed by atoms with E-state index in [1.807, 2.05) is 19.1 Å². The van der Waals surface area contributed by atoms with E-state index in [4.69, 9.17) is 5.11 Å². The Morgan fingerprint density at radius 2 is 1.89 bits per heavy atom. The Bertz CT molecular complexity index is 570. The Balaban J connectivity index is 2.39. The molecular formula is C14H15NO2S. The summed E-state index contributed by atoms with van der Waals surface area (Å²) in [6.07, 6.45) is 0. The van der Waals surface area contributed by atoms with Crippen LogP contribution in [-0.4, -0.2) is 16.1 Å². The van der Waals surface area contributed by atoms with E-state index >= 15 is 0 Å². The highest BCUT2D eigenvalue weighted by molar-refractivity contribution is 7.15. The van der Waals surface area contributed by atoms with Crippen molar-refractivity contribution in [3.05, 3.63) is 40.5 Å². The van der Waals surface area contributed by atoms with Gasteiger partial charge in [0.1, 0.15) is 0 Å². The summed E-state index contributed by atoms with van der Waals surface area (Å²) in [5.41, 5.74) is 2.35. The molecule has 0 bridgehead atoms. The molecule has 0 unspecified atom stereocenters. The SMILES string of the molecule is Cc1nc(C(C)C)sc1-c1ccc(C(=O)O)cc1. The fourth-order valence-corrected chi connectivity index (χ4v) is 2.77. The molecule has 1 N–H and O–H groups in total. The monoisotopic (exact) mass is 261 g/mol. The summed E-state index contributed by atoms with van der Waals surface area (Å²) >= 11 is 1.68. The van der Waals surface area contributed by atoms with E-state index in [0.29, 0.717) is 11.5 Å². The number of hydrogen-bond donors (Lipinski definition) is 1. The molecule has 0 saturated heterocycles. The van der Waals surface area contributed by atoms with Crippen LogP contribution in [0.4, 0.5) is 0 Å². The molecule has 0 saturated carbocycles. The van der Waals surface area contributed by atoms with E-state index in [0.717, 1.165) is 21.1 Å². The van der Waals surface area contributed by atoms with Gasteiger partial charge in [-0.05, 0) is 24.6 Å². The predicted molar refractivity (Wildman–Crippen MR) is 73.3 cm³/mol. The van der Waals surface area contributed by atoms with Crippen LogP contribution in [0.15, 0.2) is 24.3 Å². The van der Waals surface area contributed by atoms with Crippen molar-refractivity contribution in [2.75, 3.05) is 0 Å². The molecular weight excluding hydrogens is 246 g/mol. The number of hydrogen-bond acceptors (Lipinski definition) is 3. The molecule has 94 valence electrons. The minimum absolute atomic E-state index is 0.310.